The fraction of sp³-hybridized carbons (Fsp3) is 0.467. The molecule has 0 radical (unpaired) electrons. The number of likely N-dealkylation sites (tertiary alicyclic amines) is 1. The molecule has 5 heteroatoms. The number of thiocarbonyl (C=S) groups is 1. The summed E-state index contributed by atoms with van der Waals surface area (Å²) in [5.41, 5.74) is 3.33. The van der Waals surface area contributed by atoms with Crippen LogP contribution in [0.1, 0.15) is 30.7 Å². The minimum Gasteiger partial charge on any atom is -0.358 e. The summed E-state index contributed by atoms with van der Waals surface area (Å²) in [6.45, 7) is 4.34. The van der Waals surface area contributed by atoms with Gasteiger partial charge in [-0.3, -0.25) is 0 Å². The third-order valence-corrected chi connectivity index (χ3v) is 5.26. The third kappa shape index (κ3) is 2.99. The number of imidazole rings is 1. The highest BCUT2D eigenvalue weighted by molar-refractivity contribution is 8.22. The molecule has 0 atom stereocenters. The summed E-state index contributed by atoms with van der Waals surface area (Å²) in [5, 5.41) is 0. The van der Waals surface area contributed by atoms with Gasteiger partial charge >= 0.3 is 0 Å². The lowest BCUT2D eigenvalue weighted by atomic mass is 10.1. The van der Waals surface area contributed by atoms with Crippen molar-refractivity contribution < 1.29 is 0 Å². The van der Waals surface area contributed by atoms with Crippen LogP contribution >= 0.6 is 24.0 Å². The van der Waals surface area contributed by atoms with E-state index >= 15 is 0 Å². The van der Waals surface area contributed by atoms with Crippen LogP contribution in [0.5, 0.6) is 0 Å². The molecule has 1 aliphatic heterocycles. The standard InChI is InChI=1S/C15H19N3S2/c1-12-6-5-7-14-16-13(10-18(12)14)11-20-15(19)17-8-3-2-4-9-17/h5-7,10H,2-4,8-9,11H2,1H3. The number of thioether (sulfide) groups is 1. The van der Waals surface area contributed by atoms with Crippen molar-refractivity contribution in [3.63, 3.8) is 0 Å². The highest BCUT2D eigenvalue weighted by atomic mass is 32.2. The van der Waals surface area contributed by atoms with Gasteiger partial charge in [0.2, 0.25) is 0 Å². The number of hydrogen-bond donors (Lipinski definition) is 0. The van der Waals surface area contributed by atoms with Gasteiger partial charge in [0.1, 0.15) is 9.97 Å². The van der Waals surface area contributed by atoms with Gasteiger partial charge in [-0.05, 0) is 38.3 Å². The fourth-order valence-electron chi connectivity index (χ4n) is 2.57. The molecule has 0 unspecified atom stereocenters. The predicted molar refractivity (Wildman–Crippen MR) is 89.2 cm³/mol. The lowest BCUT2D eigenvalue weighted by molar-refractivity contribution is 0.352. The monoisotopic (exact) mass is 305 g/mol. The Morgan fingerprint density at radius 2 is 2.10 bits per heavy atom. The molecular formula is C15H19N3S2. The summed E-state index contributed by atoms with van der Waals surface area (Å²) in [7, 11) is 0. The van der Waals surface area contributed by atoms with E-state index in [2.05, 4.69) is 33.5 Å². The lowest BCUT2D eigenvalue weighted by Crippen LogP contribution is -2.32. The van der Waals surface area contributed by atoms with Gasteiger partial charge in [0.25, 0.3) is 0 Å². The Bertz CT molecular complexity index is 615. The highest BCUT2D eigenvalue weighted by Crippen LogP contribution is 2.20. The van der Waals surface area contributed by atoms with Crippen LogP contribution in [-0.4, -0.2) is 31.7 Å². The van der Waals surface area contributed by atoms with Crippen LogP contribution in [-0.2, 0) is 5.75 Å². The smallest absolute Gasteiger partial charge is 0.137 e. The Kier molecular flexibility index (Phi) is 4.27. The van der Waals surface area contributed by atoms with Crippen molar-refractivity contribution >= 4 is 33.9 Å². The van der Waals surface area contributed by atoms with E-state index in [9.17, 15) is 0 Å². The molecule has 20 heavy (non-hydrogen) atoms. The van der Waals surface area contributed by atoms with Gasteiger partial charge in [-0.2, -0.15) is 0 Å². The molecule has 106 valence electrons. The van der Waals surface area contributed by atoms with Crippen LogP contribution in [0.2, 0.25) is 0 Å². The van der Waals surface area contributed by atoms with Gasteiger partial charge in [-0.15, -0.1) is 0 Å². The van der Waals surface area contributed by atoms with Gasteiger partial charge in [-0.1, -0.05) is 30.0 Å². The molecule has 2 aromatic rings. The molecule has 0 saturated carbocycles. The Hall–Kier alpha value is -1.07. The summed E-state index contributed by atoms with van der Waals surface area (Å²) in [6, 6.07) is 6.20. The SMILES string of the molecule is Cc1cccc2nc(CSC(=S)N3CCCCC3)cn12. The largest absolute Gasteiger partial charge is 0.358 e. The van der Waals surface area contributed by atoms with Crippen molar-refractivity contribution in [2.24, 2.45) is 0 Å². The Morgan fingerprint density at radius 1 is 1.30 bits per heavy atom. The van der Waals surface area contributed by atoms with E-state index in [1.165, 1.54) is 25.0 Å². The maximum Gasteiger partial charge on any atom is 0.137 e. The van der Waals surface area contributed by atoms with Gasteiger partial charge in [0.05, 0.1) is 5.69 Å². The van der Waals surface area contributed by atoms with E-state index in [0.717, 1.165) is 34.5 Å². The second-order valence-corrected chi connectivity index (χ2v) is 6.84. The molecule has 0 aliphatic carbocycles. The van der Waals surface area contributed by atoms with Gasteiger partial charge < -0.3 is 9.30 Å². The Balaban J connectivity index is 1.64. The third-order valence-electron chi connectivity index (χ3n) is 3.70. The molecule has 3 heterocycles. The van der Waals surface area contributed by atoms with Crippen LogP contribution in [0.3, 0.4) is 0 Å². The van der Waals surface area contributed by atoms with Crippen molar-refractivity contribution in [3.05, 3.63) is 35.8 Å². The molecule has 1 saturated heterocycles. The fourth-order valence-corrected chi connectivity index (χ4v) is 3.71. The molecule has 0 amide bonds. The zero-order chi connectivity index (χ0) is 13.9. The Morgan fingerprint density at radius 3 is 2.85 bits per heavy atom. The first-order valence-corrected chi connectivity index (χ1v) is 8.49. The minimum absolute atomic E-state index is 0.858. The molecule has 1 fully saturated rings. The normalized spacial score (nSPS) is 15.8. The zero-order valence-electron chi connectivity index (χ0n) is 11.7. The topological polar surface area (TPSA) is 20.5 Å². The minimum atomic E-state index is 0.858. The van der Waals surface area contributed by atoms with Gasteiger partial charge in [-0.25, -0.2) is 4.98 Å². The summed E-state index contributed by atoms with van der Waals surface area (Å²) >= 11 is 7.27. The molecule has 3 rings (SSSR count). The first-order chi connectivity index (χ1) is 9.74. The van der Waals surface area contributed by atoms with E-state index in [4.69, 9.17) is 12.2 Å². The average Bonchev–Trinajstić information content (AvgIpc) is 2.90. The van der Waals surface area contributed by atoms with Crippen molar-refractivity contribution in [1.82, 2.24) is 14.3 Å². The number of aromatic nitrogens is 2. The summed E-state index contributed by atoms with van der Waals surface area (Å²) in [4.78, 5) is 6.99. The second kappa shape index (κ2) is 6.14. The van der Waals surface area contributed by atoms with Crippen LogP contribution in [0.25, 0.3) is 5.65 Å². The second-order valence-electron chi connectivity index (χ2n) is 5.23. The quantitative estimate of drug-likeness (QED) is 0.789. The molecular weight excluding hydrogens is 286 g/mol. The van der Waals surface area contributed by atoms with E-state index in [-0.39, 0.29) is 0 Å². The molecule has 0 spiro atoms. The molecule has 0 bridgehead atoms. The van der Waals surface area contributed by atoms with Crippen molar-refractivity contribution in [2.75, 3.05) is 13.1 Å². The molecule has 2 aromatic heterocycles. The van der Waals surface area contributed by atoms with Gasteiger partial charge in [0, 0.05) is 30.7 Å². The van der Waals surface area contributed by atoms with Crippen LogP contribution in [0, 0.1) is 6.92 Å². The van der Waals surface area contributed by atoms with Crippen molar-refractivity contribution in [3.8, 4) is 0 Å². The first-order valence-electron chi connectivity index (χ1n) is 7.09. The Labute approximate surface area is 129 Å². The predicted octanol–water partition coefficient (Wildman–Crippen LogP) is 3.65. The van der Waals surface area contributed by atoms with E-state index < -0.39 is 0 Å². The van der Waals surface area contributed by atoms with E-state index in [0.29, 0.717) is 0 Å². The van der Waals surface area contributed by atoms with E-state index in [1.807, 2.05) is 12.1 Å². The number of nitrogens with zero attached hydrogens (tertiary/aromatic N) is 3. The number of aryl methyl sites for hydroxylation is 1. The highest BCUT2D eigenvalue weighted by Gasteiger charge is 2.14. The molecule has 1 aliphatic rings. The number of rotatable bonds is 2. The number of fused-ring (bicyclic) bond motifs is 1. The van der Waals surface area contributed by atoms with Crippen molar-refractivity contribution in [1.29, 1.82) is 0 Å². The van der Waals surface area contributed by atoms with Crippen LogP contribution < -0.4 is 0 Å². The molecule has 0 N–H and O–H groups in total. The summed E-state index contributed by atoms with van der Waals surface area (Å²) < 4.78 is 3.17. The summed E-state index contributed by atoms with van der Waals surface area (Å²) in [5.74, 6) is 0.858. The molecule has 0 aromatic carbocycles. The maximum atomic E-state index is 5.53. The summed E-state index contributed by atoms with van der Waals surface area (Å²) in [6.07, 6.45) is 6.01. The molecule has 3 nitrogen and oxygen atoms in total. The zero-order valence-corrected chi connectivity index (χ0v) is 13.3. The first kappa shape index (κ1) is 13.9. The van der Waals surface area contributed by atoms with Crippen molar-refractivity contribution in [2.45, 2.75) is 31.9 Å². The number of pyridine rings is 1. The van der Waals surface area contributed by atoms with E-state index in [1.54, 1.807) is 11.8 Å². The average molecular weight is 305 g/mol. The number of piperidine rings is 1. The van der Waals surface area contributed by atoms with Gasteiger partial charge in [0.15, 0.2) is 0 Å². The maximum absolute atomic E-state index is 5.53. The van der Waals surface area contributed by atoms with Crippen LogP contribution in [0.4, 0.5) is 0 Å². The van der Waals surface area contributed by atoms with Crippen LogP contribution in [0.15, 0.2) is 24.4 Å². The number of hydrogen-bond acceptors (Lipinski definition) is 3. The lowest BCUT2D eigenvalue weighted by Gasteiger charge is -2.28.